The summed E-state index contributed by atoms with van der Waals surface area (Å²) < 4.78 is 12.3. The van der Waals surface area contributed by atoms with E-state index in [0.29, 0.717) is 0 Å². The number of aliphatic hydroxyl groups is 1. The van der Waals surface area contributed by atoms with E-state index in [0.717, 1.165) is 43.6 Å². The molecule has 2 heterocycles. The van der Waals surface area contributed by atoms with Crippen molar-refractivity contribution in [3.05, 3.63) is 29.8 Å². The smallest absolute Gasteiger partial charge is 0.120 e. The standard InChI is InChI=1S/C17H24O3S/c1-13(18)14-3-2-4-15(11-14)20-16-5-8-19-17(12-16)6-9-21-10-7-17/h2-4,11,13,16,18H,5-10,12H2,1H3. The molecule has 2 saturated heterocycles. The highest BCUT2D eigenvalue weighted by Crippen LogP contribution is 2.38. The summed E-state index contributed by atoms with van der Waals surface area (Å²) in [6.07, 6.45) is 4.01. The first-order chi connectivity index (χ1) is 10.2. The maximum Gasteiger partial charge on any atom is 0.120 e. The van der Waals surface area contributed by atoms with E-state index in [4.69, 9.17) is 9.47 Å². The fourth-order valence-corrected chi connectivity index (χ4v) is 4.45. The number of thioether (sulfide) groups is 1. The molecule has 1 N–H and O–H groups in total. The molecule has 2 aliphatic heterocycles. The number of aliphatic hydroxyl groups excluding tert-OH is 1. The molecule has 2 aliphatic rings. The molecular weight excluding hydrogens is 284 g/mol. The van der Waals surface area contributed by atoms with Crippen molar-refractivity contribution in [1.29, 1.82) is 0 Å². The summed E-state index contributed by atoms with van der Waals surface area (Å²) in [6, 6.07) is 7.80. The van der Waals surface area contributed by atoms with Crippen LogP contribution in [0.5, 0.6) is 5.75 Å². The number of rotatable bonds is 3. The molecule has 1 aromatic carbocycles. The molecule has 3 rings (SSSR count). The molecule has 0 amide bonds. The number of ether oxygens (including phenoxy) is 2. The van der Waals surface area contributed by atoms with Crippen molar-refractivity contribution < 1.29 is 14.6 Å². The van der Waals surface area contributed by atoms with Crippen molar-refractivity contribution in [1.82, 2.24) is 0 Å². The molecule has 2 fully saturated rings. The summed E-state index contributed by atoms with van der Waals surface area (Å²) >= 11 is 2.02. The second kappa shape index (κ2) is 6.59. The minimum atomic E-state index is -0.454. The normalized spacial score (nSPS) is 26.5. The van der Waals surface area contributed by atoms with Crippen LogP contribution in [-0.4, -0.2) is 34.9 Å². The highest BCUT2D eigenvalue weighted by molar-refractivity contribution is 7.99. The molecule has 2 atom stereocenters. The van der Waals surface area contributed by atoms with E-state index >= 15 is 0 Å². The minimum absolute atomic E-state index is 0.0516. The van der Waals surface area contributed by atoms with Crippen molar-refractivity contribution in [2.24, 2.45) is 0 Å². The van der Waals surface area contributed by atoms with E-state index in [2.05, 4.69) is 0 Å². The van der Waals surface area contributed by atoms with Crippen LogP contribution >= 0.6 is 11.8 Å². The second-order valence-corrected chi connectivity index (χ2v) is 7.35. The van der Waals surface area contributed by atoms with Gasteiger partial charge in [0.1, 0.15) is 11.9 Å². The number of hydrogen-bond acceptors (Lipinski definition) is 4. The van der Waals surface area contributed by atoms with Crippen LogP contribution < -0.4 is 4.74 Å². The van der Waals surface area contributed by atoms with Crippen LogP contribution in [0.4, 0.5) is 0 Å². The first kappa shape index (κ1) is 15.2. The Labute approximate surface area is 131 Å². The Morgan fingerprint density at radius 1 is 1.38 bits per heavy atom. The van der Waals surface area contributed by atoms with Gasteiger partial charge in [-0.3, -0.25) is 0 Å². The molecule has 0 bridgehead atoms. The monoisotopic (exact) mass is 308 g/mol. The molecule has 4 heteroatoms. The highest BCUT2D eigenvalue weighted by Gasteiger charge is 2.39. The third-order valence-electron chi connectivity index (χ3n) is 4.50. The van der Waals surface area contributed by atoms with Gasteiger partial charge in [-0.1, -0.05) is 12.1 Å². The average Bonchev–Trinajstić information content (AvgIpc) is 2.48. The maximum absolute atomic E-state index is 9.67. The molecule has 2 unspecified atom stereocenters. The van der Waals surface area contributed by atoms with Crippen molar-refractivity contribution in [2.45, 2.75) is 50.4 Å². The first-order valence-electron chi connectivity index (χ1n) is 7.83. The topological polar surface area (TPSA) is 38.7 Å². The van der Waals surface area contributed by atoms with Crippen LogP contribution in [0.2, 0.25) is 0 Å². The number of hydrogen-bond donors (Lipinski definition) is 1. The van der Waals surface area contributed by atoms with Gasteiger partial charge in [0, 0.05) is 12.8 Å². The lowest BCUT2D eigenvalue weighted by Crippen LogP contribution is -2.46. The van der Waals surface area contributed by atoms with Gasteiger partial charge in [-0.25, -0.2) is 0 Å². The van der Waals surface area contributed by atoms with Crippen LogP contribution in [0.1, 0.15) is 44.3 Å². The highest BCUT2D eigenvalue weighted by atomic mass is 32.2. The van der Waals surface area contributed by atoms with Crippen LogP contribution in [-0.2, 0) is 4.74 Å². The molecular formula is C17H24O3S. The van der Waals surface area contributed by atoms with Gasteiger partial charge in [-0.15, -0.1) is 0 Å². The van der Waals surface area contributed by atoms with E-state index in [-0.39, 0.29) is 11.7 Å². The molecule has 21 heavy (non-hydrogen) atoms. The SMILES string of the molecule is CC(O)c1cccc(OC2CCOC3(CCSCC3)C2)c1. The Kier molecular flexibility index (Phi) is 4.77. The van der Waals surface area contributed by atoms with E-state index in [1.807, 2.05) is 36.0 Å². The molecule has 116 valence electrons. The summed E-state index contributed by atoms with van der Waals surface area (Å²) in [7, 11) is 0. The predicted octanol–water partition coefficient (Wildman–Crippen LogP) is 3.56. The second-order valence-electron chi connectivity index (χ2n) is 6.12. The lowest BCUT2D eigenvalue weighted by Gasteiger charge is -2.43. The average molecular weight is 308 g/mol. The molecule has 0 saturated carbocycles. The summed E-state index contributed by atoms with van der Waals surface area (Å²) in [6.45, 7) is 2.58. The summed E-state index contributed by atoms with van der Waals surface area (Å²) in [5.41, 5.74) is 0.958. The predicted molar refractivity (Wildman–Crippen MR) is 86.0 cm³/mol. The zero-order valence-corrected chi connectivity index (χ0v) is 13.4. The fraction of sp³-hybridized carbons (Fsp3) is 0.647. The fourth-order valence-electron chi connectivity index (χ4n) is 3.22. The zero-order chi connectivity index (χ0) is 14.7. The van der Waals surface area contributed by atoms with Gasteiger partial charge in [0.15, 0.2) is 0 Å². The van der Waals surface area contributed by atoms with Crippen LogP contribution in [0.3, 0.4) is 0 Å². The van der Waals surface area contributed by atoms with Gasteiger partial charge < -0.3 is 14.6 Å². The molecule has 1 aromatic rings. The van der Waals surface area contributed by atoms with E-state index in [1.165, 1.54) is 11.5 Å². The Morgan fingerprint density at radius 3 is 2.95 bits per heavy atom. The van der Waals surface area contributed by atoms with Gasteiger partial charge in [-0.2, -0.15) is 11.8 Å². The Bertz CT molecular complexity index is 463. The van der Waals surface area contributed by atoms with Crippen molar-refractivity contribution in [3.63, 3.8) is 0 Å². The van der Waals surface area contributed by atoms with Crippen molar-refractivity contribution in [3.8, 4) is 5.75 Å². The van der Waals surface area contributed by atoms with E-state index in [9.17, 15) is 5.11 Å². The Morgan fingerprint density at radius 2 is 2.19 bits per heavy atom. The van der Waals surface area contributed by atoms with E-state index in [1.54, 1.807) is 6.92 Å². The van der Waals surface area contributed by atoms with Gasteiger partial charge in [0.25, 0.3) is 0 Å². The van der Waals surface area contributed by atoms with Gasteiger partial charge in [0.2, 0.25) is 0 Å². The summed E-state index contributed by atoms with van der Waals surface area (Å²) in [5.74, 6) is 3.26. The third kappa shape index (κ3) is 3.74. The van der Waals surface area contributed by atoms with Crippen molar-refractivity contribution >= 4 is 11.8 Å². The largest absolute Gasteiger partial charge is 0.490 e. The maximum atomic E-state index is 9.67. The molecule has 0 aliphatic carbocycles. The Hall–Kier alpha value is -0.710. The molecule has 3 nitrogen and oxygen atoms in total. The quantitative estimate of drug-likeness (QED) is 0.926. The van der Waals surface area contributed by atoms with Crippen LogP contribution in [0.25, 0.3) is 0 Å². The first-order valence-corrected chi connectivity index (χ1v) is 8.99. The number of benzene rings is 1. The van der Waals surface area contributed by atoms with Gasteiger partial charge >= 0.3 is 0 Å². The van der Waals surface area contributed by atoms with Gasteiger partial charge in [0.05, 0.1) is 18.3 Å². The van der Waals surface area contributed by atoms with Gasteiger partial charge in [-0.05, 0) is 49.0 Å². The third-order valence-corrected chi connectivity index (χ3v) is 5.48. The Balaban J connectivity index is 1.65. The van der Waals surface area contributed by atoms with Crippen LogP contribution in [0, 0.1) is 0 Å². The van der Waals surface area contributed by atoms with Crippen LogP contribution in [0.15, 0.2) is 24.3 Å². The minimum Gasteiger partial charge on any atom is -0.490 e. The lowest BCUT2D eigenvalue weighted by molar-refractivity contribution is -0.116. The lowest BCUT2D eigenvalue weighted by atomic mass is 9.86. The summed E-state index contributed by atoms with van der Waals surface area (Å²) in [5, 5.41) is 9.67. The van der Waals surface area contributed by atoms with Crippen molar-refractivity contribution in [2.75, 3.05) is 18.1 Å². The summed E-state index contributed by atoms with van der Waals surface area (Å²) in [4.78, 5) is 0. The zero-order valence-electron chi connectivity index (χ0n) is 12.6. The molecule has 1 spiro atoms. The molecule has 0 radical (unpaired) electrons. The van der Waals surface area contributed by atoms with E-state index < -0.39 is 6.10 Å². The molecule has 0 aromatic heterocycles.